The number of allylic oxidation sites excluding steroid dienone is 1. The number of likely N-dealkylation sites (tertiary alicyclic amines) is 2. The van der Waals surface area contributed by atoms with Crippen molar-refractivity contribution < 1.29 is 0 Å². The van der Waals surface area contributed by atoms with Gasteiger partial charge in [-0.05, 0) is 108 Å². The summed E-state index contributed by atoms with van der Waals surface area (Å²) in [5.41, 5.74) is 4.99. The van der Waals surface area contributed by atoms with Crippen LogP contribution >= 0.6 is 11.6 Å². The smallest absolute Gasteiger partial charge is 0.282 e. The molecule has 2 fully saturated rings. The molecule has 186 valence electrons. The number of rotatable bonds is 2. The van der Waals surface area contributed by atoms with Crippen LogP contribution in [0.5, 0.6) is 0 Å². The minimum absolute atomic E-state index is 0.193. The van der Waals surface area contributed by atoms with Crippen LogP contribution in [0.1, 0.15) is 80.6 Å². The summed E-state index contributed by atoms with van der Waals surface area (Å²) in [7, 11) is 2.24. The molecule has 1 atom stereocenters. The normalized spacial score (nSPS) is 25.2. The van der Waals surface area contributed by atoms with Crippen LogP contribution in [0.25, 0.3) is 10.7 Å². The van der Waals surface area contributed by atoms with Gasteiger partial charge in [-0.2, -0.15) is 4.98 Å². The Morgan fingerprint density at radius 1 is 1.06 bits per heavy atom. The maximum Gasteiger partial charge on any atom is 0.282 e. The van der Waals surface area contributed by atoms with E-state index in [-0.39, 0.29) is 11.0 Å². The Hall–Kier alpha value is -1.95. The lowest BCUT2D eigenvalue weighted by Crippen LogP contribution is -2.46. The Labute approximate surface area is 213 Å². The summed E-state index contributed by atoms with van der Waals surface area (Å²) in [5.74, 6) is 1.73. The van der Waals surface area contributed by atoms with Gasteiger partial charge in [0.1, 0.15) is 5.82 Å². The first-order chi connectivity index (χ1) is 16.7. The average Bonchev–Trinajstić information content (AvgIpc) is 3.05. The molecule has 4 heterocycles. The van der Waals surface area contributed by atoms with Crippen LogP contribution in [0.4, 0.5) is 0 Å². The molecule has 3 aliphatic heterocycles. The molecular weight excluding hydrogens is 456 g/mol. The Balaban J connectivity index is 1.33. The molecule has 1 aliphatic carbocycles. The van der Waals surface area contributed by atoms with Gasteiger partial charge in [0.2, 0.25) is 0 Å². The van der Waals surface area contributed by atoms with E-state index in [0.29, 0.717) is 22.4 Å². The predicted octanol–water partition coefficient (Wildman–Crippen LogP) is 4.92. The molecule has 0 saturated carbocycles. The molecule has 1 aromatic carbocycles. The summed E-state index contributed by atoms with van der Waals surface area (Å²) in [6, 6.07) is 7.79. The maximum absolute atomic E-state index is 13.0. The van der Waals surface area contributed by atoms with E-state index in [9.17, 15) is 4.79 Å². The molecular formula is C29H37ClN4O. The van der Waals surface area contributed by atoms with E-state index < -0.39 is 0 Å². The first-order valence-electron chi connectivity index (χ1n) is 13.4. The van der Waals surface area contributed by atoms with E-state index in [2.05, 4.69) is 65.4 Å². The Bertz CT molecular complexity index is 1250. The van der Waals surface area contributed by atoms with Gasteiger partial charge in [-0.15, -0.1) is 0 Å². The number of hydrogen-bond acceptors (Lipinski definition) is 4. The van der Waals surface area contributed by atoms with Crippen molar-refractivity contribution >= 4 is 16.6 Å². The topological polar surface area (TPSA) is 41.4 Å². The number of piperidine rings is 2. The van der Waals surface area contributed by atoms with Gasteiger partial charge in [-0.3, -0.25) is 4.79 Å². The van der Waals surface area contributed by atoms with Gasteiger partial charge >= 0.3 is 0 Å². The van der Waals surface area contributed by atoms with Gasteiger partial charge in [-0.1, -0.05) is 36.7 Å². The zero-order valence-corrected chi connectivity index (χ0v) is 22.2. The lowest BCUT2D eigenvalue weighted by Gasteiger charge is -2.41. The maximum atomic E-state index is 13.0. The highest BCUT2D eigenvalue weighted by molar-refractivity contribution is 6.49. The highest BCUT2D eigenvalue weighted by Gasteiger charge is 2.41. The number of fused-ring (bicyclic) bond motifs is 5. The first-order valence-corrected chi connectivity index (χ1v) is 13.7. The number of benzene rings is 1. The summed E-state index contributed by atoms with van der Waals surface area (Å²) >= 11 is 6.59. The van der Waals surface area contributed by atoms with Gasteiger partial charge in [0.15, 0.2) is 0 Å². The van der Waals surface area contributed by atoms with Crippen LogP contribution in [0.3, 0.4) is 0 Å². The second-order valence-electron chi connectivity index (χ2n) is 11.8. The van der Waals surface area contributed by atoms with E-state index in [4.69, 9.17) is 11.6 Å². The Morgan fingerprint density at radius 3 is 2.49 bits per heavy atom. The van der Waals surface area contributed by atoms with Gasteiger partial charge < -0.3 is 14.4 Å². The van der Waals surface area contributed by atoms with Crippen LogP contribution < -0.4 is 5.56 Å². The van der Waals surface area contributed by atoms with E-state index in [1.807, 2.05) is 6.08 Å². The quantitative estimate of drug-likeness (QED) is 0.596. The third-order valence-electron chi connectivity index (χ3n) is 9.08. The Kier molecular flexibility index (Phi) is 5.74. The molecule has 1 unspecified atom stereocenters. The SMILES string of the molecule is CC1C=C(Cl)c2c(n3c(nc2=O)C(C)(C)c2ccc(C4CCN(C5CCN(C)CC5)CC4)cc2-3)C1. The molecule has 1 aromatic heterocycles. The number of hydrogen-bond donors (Lipinski definition) is 0. The van der Waals surface area contributed by atoms with Crippen molar-refractivity contribution in [3.63, 3.8) is 0 Å². The van der Waals surface area contributed by atoms with Crippen LogP contribution in [-0.4, -0.2) is 58.6 Å². The molecule has 0 bridgehead atoms. The van der Waals surface area contributed by atoms with E-state index in [0.717, 1.165) is 24.0 Å². The summed E-state index contributed by atoms with van der Waals surface area (Å²) in [6.45, 7) is 11.4. The fourth-order valence-electron chi connectivity index (χ4n) is 6.97. The highest BCUT2D eigenvalue weighted by Crippen LogP contribution is 2.45. The Morgan fingerprint density at radius 2 is 1.77 bits per heavy atom. The third kappa shape index (κ3) is 3.82. The minimum atomic E-state index is -0.309. The third-order valence-corrected chi connectivity index (χ3v) is 9.39. The molecule has 0 spiro atoms. The zero-order valence-electron chi connectivity index (χ0n) is 21.5. The van der Waals surface area contributed by atoms with Gasteiger partial charge in [0, 0.05) is 11.7 Å². The van der Waals surface area contributed by atoms with Crippen LogP contribution in [0.15, 0.2) is 29.1 Å². The van der Waals surface area contributed by atoms with E-state index >= 15 is 0 Å². The monoisotopic (exact) mass is 492 g/mol. The molecule has 0 radical (unpaired) electrons. The van der Waals surface area contributed by atoms with Gasteiger partial charge in [-0.25, -0.2) is 0 Å². The van der Waals surface area contributed by atoms with Crippen molar-refractivity contribution in [3.8, 4) is 5.69 Å². The first kappa shape index (κ1) is 23.4. The molecule has 0 amide bonds. The van der Waals surface area contributed by atoms with Crippen molar-refractivity contribution in [2.45, 2.75) is 70.3 Å². The molecule has 4 aliphatic rings. The van der Waals surface area contributed by atoms with E-state index in [1.165, 1.54) is 68.7 Å². The summed E-state index contributed by atoms with van der Waals surface area (Å²) in [5, 5.41) is 0.551. The van der Waals surface area contributed by atoms with Crippen LogP contribution in [-0.2, 0) is 11.8 Å². The van der Waals surface area contributed by atoms with Crippen molar-refractivity contribution in [1.82, 2.24) is 19.4 Å². The van der Waals surface area contributed by atoms with Crippen molar-refractivity contribution in [1.29, 1.82) is 0 Å². The highest BCUT2D eigenvalue weighted by atomic mass is 35.5. The predicted molar refractivity (Wildman–Crippen MR) is 143 cm³/mol. The van der Waals surface area contributed by atoms with Crippen LogP contribution in [0.2, 0.25) is 0 Å². The molecule has 6 rings (SSSR count). The summed E-state index contributed by atoms with van der Waals surface area (Å²) in [4.78, 5) is 22.8. The second kappa shape index (κ2) is 8.57. The lowest BCUT2D eigenvalue weighted by atomic mass is 9.82. The number of aromatic nitrogens is 2. The van der Waals surface area contributed by atoms with Gasteiger partial charge in [0.25, 0.3) is 5.56 Å². The van der Waals surface area contributed by atoms with E-state index in [1.54, 1.807) is 0 Å². The number of nitrogens with zero attached hydrogens (tertiary/aromatic N) is 4. The molecule has 5 nitrogen and oxygen atoms in total. The number of halogens is 1. The fraction of sp³-hybridized carbons (Fsp3) is 0.586. The lowest BCUT2D eigenvalue weighted by molar-refractivity contribution is 0.0966. The van der Waals surface area contributed by atoms with Crippen molar-refractivity contribution in [2.75, 3.05) is 33.2 Å². The summed E-state index contributed by atoms with van der Waals surface area (Å²) in [6.07, 6.45) is 7.84. The molecule has 2 saturated heterocycles. The van der Waals surface area contributed by atoms with Crippen molar-refractivity contribution in [2.24, 2.45) is 5.92 Å². The standard InChI is InChI=1S/C29H37ClN4O/c1-18-15-23(30)26-25(16-18)34-24-17-20(5-6-22(24)29(2,3)28(34)31-27(26)35)19-7-13-33(14-8-19)21-9-11-32(4)12-10-21/h5-6,15,17-19,21H,7-14,16H2,1-4H3. The minimum Gasteiger partial charge on any atom is -0.306 e. The van der Waals surface area contributed by atoms with Crippen LogP contribution in [0, 0.1) is 5.92 Å². The molecule has 35 heavy (non-hydrogen) atoms. The van der Waals surface area contributed by atoms with Crippen molar-refractivity contribution in [3.05, 3.63) is 62.8 Å². The van der Waals surface area contributed by atoms with Gasteiger partial charge in [0.05, 0.1) is 21.7 Å². The summed E-state index contributed by atoms with van der Waals surface area (Å²) < 4.78 is 2.27. The second-order valence-corrected chi connectivity index (χ2v) is 12.2. The zero-order chi connectivity index (χ0) is 24.5. The molecule has 0 N–H and O–H groups in total. The fourth-order valence-corrected chi connectivity index (χ4v) is 7.37. The molecule has 6 heteroatoms. The average molecular weight is 493 g/mol. The molecule has 2 aromatic rings. The largest absolute Gasteiger partial charge is 0.306 e.